The number of amides is 2. The first kappa shape index (κ1) is 21.1. The first-order valence-electron chi connectivity index (χ1n) is 10.6. The van der Waals surface area contributed by atoms with Gasteiger partial charge >= 0.3 is 0 Å². The highest BCUT2D eigenvalue weighted by atomic mass is 19.1. The van der Waals surface area contributed by atoms with Crippen LogP contribution in [-0.2, 0) is 16.1 Å². The van der Waals surface area contributed by atoms with Crippen LogP contribution in [0.15, 0.2) is 60.7 Å². The third-order valence-corrected chi connectivity index (χ3v) is 6.00. The molecule has 0 radical (unpaired) electrons. The summed E-state index contributed by atoms with van der Waals surface area (Å²) in [5, 5.41) is 0. The van der Waals surface area contributed by atoms with Crippen molar-refractivity contribution in [1.82, 2.24) is 9.80 Å². The van der Waals surface area contributed by atoms with E-state index in [0.717, 1.165) is 29.7 Å². The summed E-state index contributed by atoms with van der Waals surface area (Å²) in [7, 11) is 1.61. The zero-order valence-electron chi connectivity index (χ0n) is 17.8. The number of halogens is 1. The number of carbonyl (C=O) groups is 2. The second-order valence-electron chi connectivity index (χ2n) is 8.18. The van der Waals surface area contributed by atoms with Crippen molar-refractivity contribution in [3.05, 3.63) is 77.6 Å². The van der Waals surface area contributed by atoms with Crippen molar-refractivity contribution in [3.8, 4) is 5.75 Å². The first-order valence-corrected chi connectivity index (χ1v) is 10.6. The number of ether oxygens (including phenoxy) is 1. The Balaban J connectivity index is 1.69. The molecule has 5 nitrogen and oxygen atoms in total. The number of nitrogens with zero attached hydrogens (tertiary/aromatic N) is 2. The van der Waals surface area contributed by atoms with Gasteiger partial charge in [-0.3, -0.25) is 9.59 Å². The molecule has 1 aliphatic carbocycles. The van der Waals surface area contributed by atoms with E-state index in [2.05, 4.69) is 0 Å². The van der Waals surface area contributed by atoms with Crippen molar-refractivity contribution >= 4 is 11.8 Å². The van der Waals surface area contributed by atoms with Crippen LogP contribution < -0.4 is 4.74 Å². The van der Waals surface area contributed by atoms with Gasteiger partial charge in [0.2, 0.25) is 11.8 Å². The Morgan fingerprint density at radius 1 is 1.10 bits per heavy atom. The Morgan fingerprint density at radius 2 is 1.77 bits per heavy atom. The van der Waals surface area contributed by atoms with E-state index in [4.69, 9.17) is 4.74 Å². The SMILES string of the molecule is COc1ccc([C@H]2/C=C\CN(C(=O)C3CC3)[C@@H](C)C(=O)N2Cc2ccc(F)cc2)cc1. The van der Waals surface area contributed by atoms with E-state index in [0.29, 0.717) is 13.1 Å². The molecule has 0 saturated heterocycles. The lowest BCUT2D eigenvalue weighted by Crippen LogP contribution is -2.51. The summed E-state index contributed by atoms with van der Waals surface area (Å²) in [4.78, 5) is 29.9. The minimum absolute atomic E-state index is 0.0472. The van der Waals surface area contributed by atoms with Gasteiger partial charge in [-0.25, -0.2) is 4.39 Å². The highest BCUT2D eigenvalue weighted by Gasteiger charge is 2.39. The van der Waals surface area contributed by atoms with E-state index in [1.807, 2.05) is 36.4 Å². The van der Waals surface area contributed by atoms with Gasteiger partial charge in [0.15, 0.2) is 0 Å². The van der Waals surface area contributed by atoms with Crippen LogP contribution in [0, 0.1) is 11.7 Å². The smallest absolute Gasteiger partial charge is 0.246 e. The Labute approximate surface area is 182 Å². The lowest BCUT2D eigenvalue weighted by atomic mass is 10.00. The first-order chi connectivity index (χ1) is 15.0. The van der Waals surface area contributed by atoms with Crippen LogP contribution in [0.4, 0.5) is 4.39 Å². The Hall–Kier alpha value is -3.15. The van der Waals surface area contributed by atoms with Gasteiger partial charge in [0.1, 0.15) is 17.6 Å². The second kappa shape index (κ2) is 8.92. The number of rotatable bonds is 5. The third-order valence-electron chi connectivity index (χ3n) is 6.00. The van der Waals surface area contributed by atoms with Crippen LogP contribution in [0.2, 0.25) is 0 Å². The molecule has 6 heteroatoms. The summed E-state index contributed by atoms with van der Waals surface area (Å²) >= 11 is 0. The summed E-state index contributed by atoms with van der Waals surface area (Å²) < 4.78 is 18.7. The average Bonchev–Trinajstić information content (AvgIpc) is 3.63. The van der Waals surface area contributed by atoms with Gasteiger partial charge in [-0.15, -0.1) is 0 Å². The molecule has 2 amide bonds. The van der Waals surface area contributed by atoms with Crippen LogP contribution in [0.1, 0.15) is 36.9 Å². The molecular formula is C25H27FN2O3. The molecule has 162 valence electrons. The maximum atomic E-state index is 13.6. The van der Waals surface area contributed by atoms with Crippen LogP contribution in [0.5, 0.6) is 5.75 Å². The number of methoxy groups -OCH3 is 1. The standard InChI is InChI=1S/C25H27FN2O3/c1-17-24(29)28(16-18-5-11-21(26)12-6-18)23(19-9-13-22(31-2)14-10-19)4-3-15-27(17)25(30)20-7-8-20/h3-6,9-14,17,20,23H,7-8,15-16H2,1-2H3/b4-3-/t17-,23+/m0/s1. The molecule has 1 heterocycles. The fourth-order valence-electron chi connectivity index (χ4n) is 3.98. The monoisotopic (exact) mass is 422 g/mol. The predicted octanol–water partition coefficient (Wildman–Crippen LogP) is 4.10. The van der Waals surface area contributed by atoms with E-state index in [1.54, 1.807) is 36.0 Å². The van der Waals surface area contributed by atoms with E-state index >= 15 is 0 Å². The molecule has 1 aliphatic heterocycles. The maximum absolute atomic E-state index is 13.6. The van der Waals surface area contributed by atoms with Gasteiger partial charge in [-0.1, -0.05) is 36.4 Å². The summed E-state index contributed by atoms with van der Waals surface area (Å²) in [5.74, 6) is 0.401. The predicted molar refractivity (Wildman–Crippen MR) is 116 cm³/mol. The fraction of sp³-hybridized carbons (Fsp3) is 0.360. The molecule has 2 atom stereocenters. The summed E-state index contributed by atoms with van der Waals surface area (Å²) in [5.41, 5.74) is 1.77. The summed E-state index contributed by atoms with van der Waals surface area (Å²) in [6, 6.07) is 12.9. The number of hydrogen-bond donors (Lipinski definition) is 0. The lowest BCUT2D eigenvalue weighted by molar-refractivity contribution is -0.147. The summed E-state index contributed by atoms with van der Waals surface area (Å²) in [6.07, 6.45) is 5.74. The third kappa shape index (κ3) is 4.63. The lowest BCUT2D eigenvalue weighted by Gasteiger charge is -2.38. The number of carbonyl (C=O) groups excluding carboxylic acids is 2. The largest absolute Gasteiger partial charge is 0.497 e. The van der Waals surface area contributed by atoms with Gasteiger partial charge in [-0.05, 0) is 55.2 Å². The minimum Gasteiger partial charge on any atom is -0.497 e. The van der Waals surface area contributed by atoms with E-state index in [9.17, 15) is 14.0 Å². The molecule has 2 aromatic rings. The van der Waals surface area contributed by atoms with Gasteiger partial charge in [-0.2, -0.15) is 0 Å². The highest BCUT2D eigenvalue weighted by molar-refractivity contribution is 5.90. The average molecular weight is 423 g/mol. The van der Waals surface area contributed by atoms with Crippen molar-refractivity contribution in [3.63, 3.8) is 0 Å². The fourth-order valence-corrected chi connectivity index (χ4v) is 3.98. The van der Waals surface area contributed by atoms with Crippen LogP contribution in [0.25, 0.3) is 0 Å². The van der Waals surface area contributed by atoms with Gasteiger partial charge in [0, 0.05) is 19.0 Å². The van der Waals surface area contributed by atoms with Crippen molar-refractivity contribution in [2.45, 2.75) is 38.4 Å². The molecule has 2 aliphatic rings. The van der Waals surface area contributed by atoms with Crippen molar-refractivity contribution in [2.24, 2.45) is 5.92 Å². The Morgan fingerprint density at radius 3 is 2.39 bits per heavy atom. The Kier molecular flexibility index (Phi) is 6.07. The molecule has 1 fully saturated rings. The van der Waals surface area contributed by atoms with Crippen molar-refractivity contribution < 1.29 is 18.7 Å². The second-order valence-corrected chi connectivity index (χ2v) is 8.18. The topological polar surface area (TPSA) is 49.9 Å². The highest BCUT2D eigenvalue weighted by Crippen LogP contribution is 2.34. The molecule has 4 rings (SSSR count). The van der Waals surface area contributed by atoms with E-state index in [-0.39, 0.29) is 29.6 Å². The van der Waals surface area contributed by atoms with E-state index in [1.165, 1.54) is 12.1 Å². The zero-order valence-corrected chi connectivity index (χ0v) is 17.8. The van der Waals surface area contributed by atoms with Crippen LogP contribution in [0.3, 0.4) is 0 Å². The molecule has 0 spiro atoms. The molecule has 0 N–H and O–H groups in total. The summed E-state index contributed by atoms with van der Waals surface area (Å²) in [6.45, 7) is 2.53. The quantitative estimate of drug-likeness (QED) is 0.682. The zero-order chi connectivity index (χ0) is 22.0. The molecule has 0 unspecified atom stereocenters. The van der Waals surface area contributed by atoms with Crippen LogP contribution >= 0.6 is 0 Å². The number of benzene rings is 2. The molecule has 1 saturated carbocycles. The normalized spacial score (nSPS) is 22.6. The molecule has 0 aromatic heterocycles. The molecule has 2 aromatic carbocycles. The molecular weight excluding hydrogens is 395 g/mol. The Bertz CT molecular complexity index is 967. The maximum Gasteiger partial charge on any atom is 0.246 e. The van der Waals surface area contributed by atoms with Gasteiger partial charge in [0.25, 0.3) is 0 Å². The molecule has 31 heavy (non-hydrogen) atoms. The van der Waals surface area contributed by atoms with Crippen molar-refractivity contribution in [2.75, 3.05) is 13.7 Å². The van der Waals surface area contributed by atoms with Crippen LogP contribution in [-0.4, -0.2) is 41.3 Å². The van der Waals surface area contributed by atoms with Gasteiger partial charge < -0.3 is 14.5 Å². The van der Waals surface area contributed by atoms with Crippen molar-refractivity contribution in [1.29, 1.82) is 0 Å². The van der Waals surface area contributed by atoms with E-state index < -0.39 is 6.04 Å². The van der Waals surface area contributed by atoms with Gasteiger partial charge in [0.05, 0.1) is 13.2 Å². The molecule has 0 bridgehead atoms. The minimum atomic E-state index is -0.570. The number of hydrogen-bond acceptors (Lipinski definition) is 3.